The van der Waals surface area contributed by atoms with Crippen molar-refractivity contribution in [3.63, 3.8) is 0 Å². The van der Waals surface area contributed by atoms with Crippen LogP contribution in [-0.4, -0.2) is 60.9 Å². The Morgan fingerprint density at radius 1 is 1.19 bits per heavy atom. The number of ether oxygens (including phenoxy) is 1. The molecular formula is C38H52Cl2N4O2S. The molecule has 0 unspecified atom stereocenters. The second-order valence-corrected chi connectivity index (χ2v) is 13.3. The van der Waals surface area contributed by atoms with Gasteiger partial charge >= 0.3 is 0 Å². The average Bonchev–Trinajstić information content (AvgIpc) is 3.05. The van der Waals surface area contributed by atoms with Gasteiger partial charge in [0, 0.05) is 50.2 Å². The summed E-state index contributed by atoms with van der Waals surface area (Å²) in [7, 11) is 2.11. The quantitative estimate of drug-likeness (QED) is 0.0496. The summed E-state index contributed by atoms with van der Waals surface area (Å²) in [4.78, 5) is 17.2. The molecule has 2 rings (SSSR count). The second kappa shape index (κ2) is 23.5. The van der Waals surface area contributed by atoms with Gasteiger partial charge in [-0.15, -0.1) is 18.2 Å². The molecule has 3 N–H and O–H groups in total. The number of carbonyl (C=O) groups excluding carboxylic acids is 1. The molecule has 9 heteroatoms. The van der Waals surface area contributed by atoms with Gasteiger partial charge in [-0.3, -0.25) is 14.6 Å². The molecular weight excluding hydrogens is 647 g/mol. The molecule has 0 atom stereocenters. The molecule has 1 fully saturated rings. The Bertz CT molecular complexity index is 1350. The van der Waals surface area contributed by atoms with Crippen LogP contribution in [0.4, 0.5) is 0 Å². The lowest BCUT2D eigenvalue weighted by Gasteiger charge is -2.32. The number of piperidine rings is 1. The van der Waals surface area contributed by atoms with Crippen molar-refractivity contribution in [2.24, 2.45) is 5.73 Å². The molecule has 0 saturated carbocycles. The third-order valence-corrected chi connectivity index (χ3v) is 9.45. The van der Waals surface area contributed by atoms with Gasteiger partial charge < -0.3 is 15.8 Å². The number of benzene rings is 1. The van der Waals surface area contributed by atoms with E-state index in [-0.39, 0.29) is 11.9 Å². The molecule has 0 aliphatic carbocycles. The molecule has 256 valence electrons. The predicted molar refractivity (Wildman–Crippen MR) is 203 cm³/mol. The minimum Gasteiger partial charge on any atom is -0.497 e. The van der Waals surface area contributed by atoms with Gasteiger partial charge in [0.05, 0.1) is 23.1 Å². The number of hydrogen-bond acceptors (Lipinski definition) is 6. The summed E-state index contributed by atoms with van der Waals surface area (Å²) in [5.41, 5.74) is 10.4. The van der Waals surface area contributed by atoms with E-state index in [0.29, 0.717) is 47.4 Å². The molecule has 6 nitrogen and oxygen atoms in total. The van der Waals surface area contributed by atoms with Crippen LogP contribution in [0.3, 0.4) is 0 Å². The van der Waals surface area contributed by atoms with Crippen LogP contribution in [0.2, 0.25) is 10.0 Å². The number of carbonyl (C=O) groups is 1. The summed E-state index contributed by atoms with van der Waals surface area (Å²) in [6.45, 7) is 10.1. The molecule has 0 aromatic heterocycles. The first-order chi connectivity index (χ1) is 22.6. The van der Waals surface area contributed by atoms with Gasteiger partial charge in [-0.2, -0.15) is 0 Å². The summed E-state index contributed by atoms with van der Waals surface area (Å²) in [6.07, 6.45) is 24.1. The van der Waals surface area contributed by atoms with E-state index in [2.05, 4.69) is 53.2 Å². The lowest BCUT2D eigenvalue weighted by Crippen LogP contribution is -2.44. The van der Waals surface area contributed by atoms with Crippen molar-refractivity contribution in [1.29, 1.82) is 0 Å². The highest BCUT2D eigenvalue weighted by Crippen LogP contribution is 2.24. The number of nitrogens with two attached hydrogens (primary N) is 1. The number of amides is 1. The van der Waals surface area contributed by atoms with Gasteiger partial charge in [-0.25, -0.2) is 0 Å². The van der Waals surface area contributed by atoms with Crippen molar-refractivity contribution >= 4 is 40.9 Å². The summed E-state index contributed by atoms with van der Waals surface area (Å²) >= 11 is 13.9. The number of rotatable bonds is 19. The van der Waals surface area contributed by atoms with Crippen LogP contribution < -0.4 is 11.1 Å². The number of allylic oxidation sites excluding steroid dienone is 9. The van der Waals surface area contributed by atoms with Crippen LogP contribution in [-0.2, 0) is 16.1 Å². The molecule has 0 bridgehead atoms. The van der Waals surface area contributed by atoms with E-state index in [1.54, 1.807) is 11.8 Å². The lowest BCUT2D eigenvalue weighted by molar-refractivity contribution is -0.122. The number of hydrogen-bond donors (Lipinski definition) is 2. The van der Waals surface area contributed by atoms with E-state index in [9.17, 15) is 4.79 Å². The van der Waals surface area contributed by atoms with Crippen LogP contribution >= 0.6 is 35.0 Å². The minimum absolute atomic E-state index is 0.0549. The Morgan fingerprint density at radius 3 is 2.64 bits per heavy atom. The molecule has 1 amide bonds. The van der Waals surface area contributed by atoms with E-state index in [0.717, 1.165) is 62.5 Å². The Balaban J connectivity index is 1.69. The first-order valence-electron chi connectivity index (χ1n) is 16.2. The summed E-state index contributed by atoms with van der Waals surface area (Å²) in [5.74, 6) is 4.23. The monoisotopic (exact) mass is 698 g/mol. The highest BCUT2D eigenvalue weighted by atomic mass is 35.5. The molecule has 1 saturated heterocycles. The van der Waals surface area contributed by atoms with E-state index < -0.39 is 0 Å². The predicted octanol–water partition coefficient (Wildman–Crippen LogP) is 8.62. The van der Waals surface area contributed by atoms with Gasteiger partial charge in [0.1, 0.15) is 5.76 Å². The Morgan fingerprint density at radius 2 is 1.96 bits per heavy atom. The smallest absolute Gasteiger partial charge is 0.220 e. The Hall–Kier alpha value is -2.86. The molecule has 47 heavy (non-hydrogen) atoms. The largest absolute Gasteiger partial charge is 0.497 e. The van der Waals surface area contributed by atoms with E-state index in [4.69, 9.17) is 40.1 Å². The summed E-state index contributed by atoms with van der Waals surface area (Å²) in [6, 6.07) is 5.95. The van der Waals surface area contributed by atoms with Crippen molar-refractivity contribution in [3.8, 4) is 12.3 Å². The maximum atomic E-state index is 12.6. The molecule has 1 heterocycles. The Labute approximate surface area is 297 Å². The van der Waals surface area contributed by atoms with Gasteiger partial charge in [0.25, 0.3) is 0 Å². The van der Waals surface area contributed by atoms with E-state index in [1.807, 2.05) is 61.8 Å². The maximum absolute atomic E-state index is 12.6. The van der Waals surface area contributed by atoms with Crippen molar-refractivity contribution in [2.45, 2.75) is 71.9 Å². The van der Waals surface area contributed by atoms with Crippen LogP contribution in [0.5, 0.6) is 0 Å². The third-order valence-electron chi connectivity index (χ3n) is 7.70. The van der Waals surface area contributed by atoms with Crippen molar-refractivity contribution in [3.05, 3.63) is 104 Å². The zero-order valence-corrected chi connectivity index (χ0v) is 30.8. The summed E-state index contributed by atoms with van der Waals surface area (Å²) in [5, 5.41) is 6.32. The molecule has 1 aliphatic heterocycles. The maximum Gasteiger partial charge on any atom is 0.220 e. The van der Waals surface area contributed by atoms with Crippen LogP contribution in [0.15, 0.2) is 88.7 Å². The number of nitrogens with one attached hydrogen (secondary N) is 1. The van der Waals surface area contributed by atoms with Gasteiger partial charge in [-0.05, 0) is 88.3 Å². The standard InChI is InChI=1S/C38H52Cl2N4O2S/c1-6-9-10-13-31(8-3)19-22-43(5)29-47-28-37(41)30(4)15-17-34(12-7-2)46-25-11-14-38(45)42-33-20-23-44(24-21-33)27-32-16-18-35(39)36(40)26-32/h2,6,8-10,13,15-18,26,28,33H,11-12,14,19-25,27,29,41H2,1,3-5H3,(H,42,45)/b9-6-,13-10-,30-15+,31-8+,34-17+,37-28-. The fourth-order valence-corrected chi connectivity index (χ4v) is 5.93. The van der Waals surface area contributed by atoms with Gasteiger partial charge in [0.15, 0.2) is 0 Å². The summed E-state index contributed by atoms with van der Waals surface area (Å²) < 4.78 is 5.92. The number of likely N-dealkylation sites (tertiary alicyclic amines) is 1. The zero-order chi connectivity index (χ0) is 34.4. The highest BCUT2D eigenvalue weighted by Gasteiger charge is 2.21. The van der Waals surface area contributed by atoms with Gasteiger partial charge in [0.2, 0.25) is 5.91 Å². The molecule has 1 aromatic rings. The molecule has 0 radical (unpaired) electrons. The lowest BCUT2D eigenvalue weighted by atomic mass is 10.0. The number of halogens is 2. The van der Waals surface area contributed by atoms with Crippen LogP contribution in [0.1, 0.15) is 64.9 Å². The minimum atomic E-state index is 0.0549. The first-order valence-corrected chi connectivity index (χ1v) is 18.1. The van der Waals surface area contributed by atoms with Crippen LogP contribution in [0, 0.1) is 12.3 Å². The first kappa shape index (κ1) is 40.3. The molecule has 1 aromatic carbocycles. The fraction of sp³-hybridized carbons (Fsp3) is 0.447. The zero-order valence-electron chi connectivity index (χ0n) is 28.4. The highest BCUT2D eigenvalue weighted by molar-refractivity contribution is 8.02. The SMILES string of the molecule is C#CC\C(=C/C=C(C)/C(N)=C/SCN(C)CCC(/C=C\C=C/C)=C/C)OCCCC(=O)NC1CCN(Cc2ccc(Cl)c(Cl)c2)CC1. The van der Waals surface area contributed by atoms with Crippen molar-refractivity contribution in [1.82, 2.24) is 15.1 Å². The van der Waals surface area contributed by atoms with Crippen molar-refractivity contribution < 1.29 is 9.53 Å². The number of terminal acetylenes is 1. The van der Waals surface area contributed by atoms with Crippen molar-refractivity contribution in [2.75, 3.05) is 39.2 Å². The van der Waals surface area contributed by atoms with E-state index in [1.165, 1.54) is 5.57 Å². The van der Waals surface area contributed by atoms with Crippen LogP contribution in [0.25, 0.3) is 0 Å². The number of nitrogens with zero attached hydrogens (tertiary/aromatic N) is 2. The second-order valence-electron chi connectivity index (χ2n) is 11.6. The normalized spacial score (nSPS) is 16.0. The Kier molecular flexibility index (Phi) is 20.1. The van der Waals surface area contributed by atoms with E-state index >= 15 is 0 Å². The molecule has 0 spiro atoms. The fourth-order valence-electron chi connectivity index (χ4n) is 4.79. The average molecular weight is 700 g/mol. The topological polar surface area (TPSA) is 70.8 Å². The van der Waals surface area contributed by atoms with Gasteiger partial charge in [-0.1, -0.05) is 77.2 Å². The third kappa shape index (κ3) is 17.2. The molecule has 1 aliphatic rings. The number of thioether (sulfide) groups is 1.